The van der Waals surface area contributed by atoms with Crippen LogP contribution in [0.5, 0.6) is 5.75 Å². The van der Waals surface area contributed by atoms with Crippen molar-refractivity contribution in [2.24, 2.45) is 0 Å². The predicted octanol–water partition coefficient (Wildman–Crippen LogP) is 6.71. The number of benzene rings is 4. The third-order valence-corrected chi connectivity index (χ3v) is 7.33. The lowest BCUT2D eigenvalue weighted by Gasteiger charge is -2.13. The molecule has 0 spiro atoms. The van der Waals surface area contributed by atoms with Crippen LogP contribution in [-0.2, 0) is 16.2 Å². The predicted molar refractivity (Wildman–Crippen MR) is 152 cm³/mol. The number of imide groups is 1. The van der Waals surface area contributed by atoms with Gasteiger partial charge in [-0.15, -0.1) is 0 Å². The maximum Gasteiger partial charge on any atom is 0.294 e. The van der Waals surface area contributed by atoms with E-state index in [1.807, 2.05) is 68.4 Å². The fourth-order valence-corrected chi connectivity index (χ4v) is 5.03. The maximum absolute atomic E-state index is 12.9. The quantitative estimate of drug-likeness (QED) is 0.273. The smallest absolute Gasteiger partial charge is 0.294 e. The largest absolute Gasteiger partial charge is 0.489 e. The summed E-state index contributed by atoms with van der Waals surface area (Å²) < 4.78 is 5.99. The second-order valence-corrected chi connectivity index (χ2v) is 10.1. The molecule has 4 aromatic rings. The third kappa shape index (κ3) is 5.63. The van der Waals surface area contributed by atoms with Crippen molar-refractivity contribution in [2.45, 2.75) is 20.5 Å². The monoisotopic (exact) mass is 522 g/mol. The average Bonchev–Trinajstić information content (AvgIpc) is 3.17. The van der Waals surface area contributed by atoms with Crippen molar-refractivity contribution in [2.75, 3.05) is 11.9 Å². The molecule has 5 rings (SSSR count). The number of carbonyl (C=O) groups excluding carboxylic acids is 3. The Morgan fingerprint density at radius 3 is 2.47 bits per heavy atom. The zero-order chi connectivity index (χ0) is 26.6. The molecule has 1 fully saturated rings. The molecule has 0 aliphatic carbocycles. The van der Waals surface area contributed by atoms with Gasteiger partial charge in [-0.25, -0.2) is 0 Å². The highest BCUT2D eigenvalue weighted by Gasteiger charge is 2.36. The molecule has 7 heteroatoms. The molecule has 0 unspecified atom stereocenters. The lowest BCUT2D eigenvalue weighted by molar-refractivity contribution is -0.127. The van der Waals surface area contributed by atoms with Crippen molar-refractivity contribution in [1.82, 2.24) is 4.90 Å². The molecule has 190 valence electrons. The molecule has 0 bridgehead atoms. The molecule has 0 aromatic heterocycles. The van der Waals surface area contributed by atoms with Gasteiger partial charge in [-0.3, -0.25) is 19.3 Å². The second-order valence-electron chi connectivity index (χ2n) is 9.11. The molecule has 0 saturated carbocycles. The van der Waals surface area contributed by atoms with Gasteiger partial charge in [0.1, 0.15) is 18.9 Å². The number of anilines is 1. The minimum atomic E-state index is -0.480. The summed E-state index contributed by atoms with van der Waals surface area (Å²) in [5.41, 5.74) is 4.64. The van der Waals surface area contributed by atoms with E-state index in [4.69, 9.17) is 4.74 Å². The number of nitrogens with zero attached hydrogens (tertiary/aromatic N) is 1. The van der Waals surface area contributed by atoms with Crippen molar-refractivity contribution in [3.05, 3.63) is 112 Å². The van der Waals surface area contributed by atoms with Crippen LogP contribution in [0.2, 0.25) is 0 Å². The van der Waals surface area contributed by atoms with Crippen molar-refractivity contribution in [1.29, 1.82) is 0 Å². The molecule has 0 radical (unpaired) electrons. The molecule has 0 atom stereocenters. The van der Waals surface area contributed by atoms with Gasteiger partial charge < -0.3 is 10.1 Å². The van der Waals surface area contributed by atoms with Gasteiger partial charge in [-0.05, 0) is 89.0 Å². The van der Waals surface area contributed by atoms with Gasteiger partial charge >= 0.3 is 0 Å². The second kappa shape index (κ2) is 10.9. The molecular formula is C31H26N2O4S. The van der Waals surface area contributed by atoms with E-state index in [9.17, 15) is 14.4 Å². The van der Waals surface area contributed by atoms with Crippen molar-refractivity contribution in [3.63, 3.8) is 0 Å². The average molecular weight is 523 g/mol. The fraction of sp³-hybridized carbons (Fsp3) is 0.129. The molecule has 1 saturated heterocycles. The molecular weight excluding hydrogens is 496 g/mol. The number of fused-ring (bicyclic) bond motifs is 1. The van der Waals surface area contributed by atoms with Gasteiger partial charge in [0.25, 0.3) is 11.1 Å². The maximum atomic E-state index is 12.9. The Labute approximate surface area is 225 Å². The summed E-state index contributed by atoms with van der Waals surface area (Å²) in [5, 5.41) is 4.61. The molecule has 38 heavy (non-hydrogen) atoms. The van der Waals surface area contributed by atoms with Crippen molar-refractivity contribution < 1.29 is 19.1 Å². The Morgan fingerprint density at radius 1 is 0.921 bits per heavy atom. The summed E-state index contributed by atoms with van der Waals surface area (Å²) in [7, 11) is 0. The first-order valence-electron chi connectivity index (χ1n) is 12.2. The van der Waals surface area contributed by atoms with Gasteiger partial charge in [0, 0.05) is 5.69 Å². The number of aryl methyl sites for hydroxylation is 2. The van der Waals surface area contributed by atoms with E-state index in [0.717, 1.165) is 44.3 Å². The van der Waals surface area contributed by atoms with Crippen LogP contribution in [-0.4, -0.2) is 28.5 Å². The number of nitrogens with one attached hydrogen (secondary N) is 1. The van der Waals surface area contributed by atoms with E-state index in [1.165, 1.54) is 5.39 Å². The first-order valence-corrected chi connectivity index (χ1v) is 13.0. The van der Waals surface area contributed by atoms with Crippen LogP contribution in [0.4, 0.5) is 10.5 Å². The summed E-state index contributed by atoms with van der Waals surface area (Å²) in [6, 6.07) is 27.2. The minimum Gasteiger partial charge on any atom is -0.489 e. The van der Waals surface area contributed by atoms with E-state index >= 15 is 0 Å². The highest BCUT2D eigenvalue weighted by molar-refractivity contribution is 8.18. The number of amides is 3. The summed E-state index contributed by atoms with van der Waals surface area (Å²) >= 11 is 0.829. The van der Waals surface area contributed by atoms with Crippen molar-refractivity contribution in [3.8, 4) is 5.75 Å². The zero-order valence-corrected chi connectivity index (χ0v) is 21.9. The SMILES string of the molecule is Cc1ccc(NC(=O)CN2C(=O)S/C(=C/c3ccc(OCc4cccc5ccccc45)cc3)C2=O)cc1C. The number of hydrogen-bond donors (Lipinski definition) is 1. The third-order valence-electron chi connectivity index (χ3n) is 6.42. The highest BCUT2D eigenvalue weighted by Crippen LogP contribution is 2.32. The summed E-state index contributed by atoms with van der Waals surface area (Å²) in [5.74, 6) is -0.206. The summed E-state index contributed by atoms with van der Waals surface area (Å²) in [6.07, 6.45) is 1.65. The van der Waals surface area contributed by atoms with Gasteiger partial charge in [0.2, 0.25) is 5.91 Å². The van der Waals surface area contributed by atoms with Gasteiger partial charge in [-0.1, -0.05) is 60.7 Å². The first kappa shape index (κ1) is 25.3. The fourth-order valence-electron chi connectivity index (χ4n) is 4.19. The Balaban J connectivity index is 1.20. The minimum absolute atomic E-state index is 0.276. The zero-order valence-electron chi connectivity index (χ0n) is 21.1. The summed E-state index contributed by atoms with van der Waals surface area (Å²) in [4.78, 5) is 39.1. The van der Waals surface area contributed by atoms with Gasteiger partial charge in [0.15, 0.2) is 0 Å². The van der Waals surface area contributed by atoms with E-state index in [0.29, 0.717) is 18.0 Å². The summed E-state index contributed by atoms with van der Waals surface area (Å²) in [6.45, 7) is 4.04. The lowest BCUT2D eigenvalue weighted by Crippen LogP contribution is -2.36. The van der Waals surface area contributed by atoms with Crippen LogP contribution in [0.3, 0.4) is 0 Å². The van der Waals surface area contributed by atoms with E-state index in [1.54, 1.807) is 12.1 Å². The van der Waals surface area contributed by atoms with Crippen LogP contribution >= 0.6 is 11.8 Å². The first-order chi connectivity index (χ1) is 18.4. The van der Waals surface area contributed by atoms with Crippen LogP contribution in [0.25, 0.3) is 16.8 Å². The van der Waals surface area contributed by atoms with Gasteiger partial charge in [0.05, 0.1) is 4.91 Å². The number of carbonyl (C=O) groups is 3. The highest BCUT2D eigenvalue weighted by atomic mass is 32.2. The normalized spacial score (nSPS) is 14.4. The molecule has 1 N–H and O–H groups in total. The van der Waals surface area contributed by atoms with Crippen molar-refractivity contribution >= 4 is 51.4 Å². The Bertz CT molecular complexity index is 1570. The van der Waals surface area contributed by atoms with Gasteiger partial charge in [-0.2, -0.15) is 0 Å². The molecule has 1 aliphatic heterocycles. The molecule has 6 nitrogen and oxygen atoms in total. The Hall–Kier alpha value is -4.36. The van der Waals surface area contributed by atoms with E-state index in [2.05, 4.69) is 29.6 Å². The molecule has 1 heterocycles. The number of thioether (sulfide) groups is 1. The molecule has 4 aromatic carbocycles. The lowest BCUT2D eigenvalue weighted by atomic mass is 10.1. The molecule has 3 amide bonds. The Kier molecular flexibility index (Phi) is 7.29. The number of hydrogen-bond acceptors (Lipinski definition) is 5. The van der Waals surface area contributed by atoms with E-state index < -0.39 is 17.1 Å². The molecule has 1 aliphatic rings. The van der Waals surface area contributed by atoms with Crippen LogP contribution < -0.4 is 10.1 Å². The van der Waals surface area contributed by atoms with E-state index in [-0.39, 0.29) is 11.4 Å². The van der Waals surface area contributed by atoms with Crippen LogP contribution in [0.1, 0.15) is 22.3 Å². The number of ether oxygens (including phenoxy) is 1. The van der Waals surface area contributed by atoms with Crippen LogP contribution in [0, 0.1) is 13.8 Å². The topological polar surface area (TPSA) is 75.7 Å². The number of rotatable bonds is 7. The Morgan fingerprint density at radius 2 is 1.68 bits per heavy atom. The van der Waals surface area contributed by atoms with Crippen LogP contribution in [0.15, 0.2) is 89.8 Å². The standard InChI is InChI=1S/C31H26N2O4S/c1-20-10-13-25(16-21(20)2)32-29(34)18-33-30(35)28(38-31(33)36)17-22-11-14-26(15-12-22)37-19-24-8-5-7-23-6-3-4-9-27(23)24/h3-17H,18-19H2,1-2H3,(H,32,34)/b28-17+.